The third kappa shape index (κ3) is 4.14. The minimum absolute atomic E-state index is 0.0985. The number of carbonyl (C=O) groups excluding carboxylic acids is 1. The van der Waals surface area contributed by atoms with Gasteiger partial charge in [0.05, 0.1) is 6.61 Å². The first-order chi connectivity index (χ1) is 11.7. The number of alkyl halides is 2. The van der Waals surface area contributed by atoms with Gasteiger partial charge in [0.15, 0.2) is 6.61 Å². The van der Waals surface area contributed by atoms with E-state index in [0.717, 1.165) is 5.56 Å². The number of fused-ring (bicyclic) bond motifs is 1. The Labute approximate surface area is 141 Å². The van der Waals surface area contributed by atoms with E-state index in [1.807, 2.05) is 0 Å². The number of esters is 1. The maximum Gasteiger partial charge on any atom is 0.402 e. The van der Waals surface area contributed by atoms with Gasteiger partial charge in [-0.15, -0.1) is 0 Å². The van der Waals surface area contributed by atoms with Gasteiger partial charge in [-0.1, -0.05) is 6.07 Å². The molecule has 1 heterocycles. The molecule has 25 heavy (non-hydrogen) atoms. The van der Waals surface area contributed by atoms with Crippen molar-refractivity contribution in [1.29, 1.82) is 0 Å². The molecule has 1 unspecified atom stereocenters. The molecule has 0 aromatic heterocycles. The molecule has 0 spiro atoms. The van der Waals surface area contributed by atoms with E-state index in [1.165, 1.54) is 6.08 Å². The molecular weight excluding hydrogens is 362 g/mol. The Bertz CT molecular complexity index is 828. The van der Waals surface area contributed by atoms with Crippen LogP contribution in [0.2, 0.25) is 0 Å². The number of hydrogen-bond donors (Lipinski definition) is 1. The van der Waals surface area contributed by atoms with E-state index in [1.54, 1.807) is 18.2 Å². The summed E-state index contributed by atoms with van der Waals surface area (Å²) in [7, 11) is -5.65. The highest BCUT2D eigenvalue weighted by atomic mass is 32.2. The van der Waals surface area contributed by atoms with Crippen LogP contribution in [0.15, 0.2) is 23.8 Å². The van der Waals surface area contributed by atoms with Crippen molar-refractivity contribution in [1.82, 2.24) is 0 Å². The van der Waals surface area contributed by atoms with Crippen LogP contribution in [0.3, 0.4) is 0 Å². The predicted molar refractivity (Wildman–Crippen MR) is 80.8 cm³/mol. The second kappa shape index (κ2) is 6.36. The average Bonchev–Trinajstić information content (AvgIpc) is 3.26. The summed E-state index contributed by atoms with van der Waals surface area (Å²) in [5.74, 6) is -0.483. The fourth-order valence-electron chi connectivity index (χ4n) is 2.21. The summed E-state index contributed by atoms with van der Waals surface area (Å²) in [6.45, 7) is -0.670. The molecule has 0 saturated carbocycles. The molecule has 1 saturated heterocycles. The lowest BCUT2D eigenvalue weighted by Gasteiger charge is -2.13. The number of halogens is 2. The minimum atomic E-state index is -5.65. The third-order valence-electron chi connectivity index (χ3n) is 3.67. The van der Waals surface area contributed by atoms with Gasteiger partial charge in [-0.05, 0) is 29.3 Å². The lowest BCUT2D eigenvalue weighted by Crippen LogP contribution is -2.34. The van der Waals surface area contributed by atoms with Crippen molar-refractivity contribution in [2.45, 2.75) is 17.8 Å². The molecule has 7 nitrogen and oxygen atoms in total. The zero-order chi connectivity index (χ0) is 18.2. The monoisotopic (exact) mass is 376 g/mol. The largest absolute Gasteiger partial charge is 0.491 e. The van der Waals surface area contributed by atoms with Crippen LogP contribution in [0.5, 0.6) is 5.75 Å². The van der Waals surface area contributed by atoms with E-state index < -0.39 is 27.9 Å². The Morgan fingerprint density at radius 2 is 2.12 bits per heavy atom. The van der Waals surface area contributed by atoms with Crippen LogP contribution in [0, 0.1) is 0 Å². The summed E-state index contributed by atoms with van der Waals surface area (Å²) in [5.41, 5.74) is 1.56. The quantitative estimate of drug-likeness (QED) is 0.436. The molecule has 3 rings (SSSR count). The number of benzene rings is 1. The van der Waals surface area contributed by atoms with Gasteiger partial charge in [0.25, 0.3) is 0 Å². The van der Waals surface area contributed by atoms with Gasteiger partial charge in [-0.3, -0.25) is 4.55 Å². The molecule has 1 aliphatic carbocycles. The molecule has 10 heteroatoms. The van der Waals surface area contributed by atoms with Gasteiger partial charge in [0, 0.05) is 12.0 Å². The third-order valence-corrected chi connectivity index (χ3v) is 4.55. The van der Waals surface area contributed by atoms with E-state index in [4.69, 9.17) is 14.0 Å². The maximum atomic E-state index is 13.1. The van der Waals surface area contributed by atoms with Gasteiger partial charge in [0.2, 0.25) is 0 Å². The molecule has 2 aliphatic rings. The summed E-state index contributed by atoms with van der Waals surface area (Å²) in [5, 5.41) is -4.55. The van der Waals surface area contributed by atoms with Gasteiger partial charge in [-0.2, -0.15) is 17.2 Å². The van der Waals surface area contributed by atoms with Crippen molar-refractivity contribution in [2.75, 3.05) is 19.8 Å². The number of epoxide rings is 1. The van der Waals surface area contributed by atoms with Crippen LogP contribution in [0.25, 0.3) is 6.08 Å². The van der Waals surface area contributed by atoms with Gasteiger partial charge in [0.1, 0.15) is 18.5 Å². The zero-order valence-electron chi connectivity index (χ0n) is 12.8. The summed E-state index contributed by atoms with van der Waals surface area (Å²) >= 11 is 0. The van der Waals surface area contributed by atoms with Crippen LogP contribution in [-0.2, 0) is 30.8 Å². The summed E-state index contributed by atoms with van der Waals surface area (Å²) < 4.78 is 70.4. The lowest BCUT2D eigenvalue weighted by atomic mass is 10.1. The number of carbonyl (C=O) groups is 1. The molecule has 0 radical (unpaired) electrons. The van der Waals surface area contributed by atoms with E-state index in [0.29, 0.717) is 24.5 Å². The van der Waals surface area contributed by atoms with Crippen molar-refractivity contribution in [3.05, 3.63) is 34.9 Å². The number of hydrogen-bond acceptors (Lipinski definition) is 6. The van der Waals surface area contributed by atoms with Crippen molar-refractivity contribution in [3.63, 3.8) is 0 Å². The molecule has 1 aromatic carbocycles. The predicted octanol–water partition coefficient (Wildman–Crippen LogP) is 1.43. The molecule has 1 aromatic rings. The van der Waals surface area contributed by atoms with Crippen LogP contribution in [-0.4, -0.2) is 50.1 Å². The second-order valence-electron chi connectivity index (χ2n) is 5.66. The van der Waals surface area contributed by atoms with Crippen molar-refractivity contribution in [2.24, 2.45) is 0 Å². The standard InChI is InChI=1S/C15H14F2O7S/c16-15(17,25(19,20)21)8-24-14(18)11-3-9-1-2-12(5-10(9)4-11)22-6-13-7-23-13/h1-3,5,13H,4,6-8H2,(H,19,20,21). The van der Waals surface area contributed by atoms with Crippen LogP contribution >= 0.6 is 0 Å². The normalized spacial score (nSPS) is 19.2. The fourth-order valence-corrected chi connectivity index (χ4v) is 2.42. The topological polar surface area (TPSA) is 102 Å². The Kier molecular flexibility index (Phi) is 4.52. The highest BCUT2D eigenvalue weighted by molar-refractivity contribution is 7.86. The maximum absolute atomic E-state index is 13.1. The smallest absolute Gasteiger partial charge is 0.402 e. The number of ether oxygens (including phenoxy) is 3. The molecule has 1 N–H and O–H groups in total. The first-order valence-corrected chi connectivity index (χ1v) is 8.69. The Morgan fingerprint density at radius 1 is 1.40 bits per heavy atom. The Hall–Kier alpha value is -2.04. The molecule has 136 valence electrons. The molecule has 0 amide bonds. The number of rotatable bonds is 7. The summed E-state index contributed by atoms with van der Waals surface area (Å²) in [4.78, 5) is 11.8. The molecular formula is C15H14F2O7S. The Balaban J connectivity index is 1.59. The van der Waals surface area contributed by atoms with Crippen LogP contribution in [0.1, 0.15) is 11.1 Å². The van der Waals surface area contributed by atoms with Crippen LogP contribution < -0.4 is 4.74 Å². The SMILES string of the molecule is O=C(OCC(F)(F)S(=O)(=O)O)C1=Cc2ccc(OCC3CO3)cc2C1. The fraction of sp³-hybridized carbons (Fsp3) is 0.400. The van der Waals surface area contributed by atoms with Crippen molar-refractivity contribution < 1.29 is 40.8 Å². The summed E-state index contributed by atoms with van der Waals surface area (Å²) in [6.07, 6.45) is 1.71. The van der Waals surface area contributed by atoms with E-state index in [9.17, 15) is 22.0 Å². The van der Waals surface area contributed by atoms with Gasteiger partial charge >= 0.3 is 21.3 Å². The highest BCUT2D eigenvalue weighted by Gasteiger charge is 2.45. The van der Waals surface area contributed by atoms with Crippen molar-refractivity contribution >= 4 is 22.2 Å². The van der Waals surface area contributed by atoms with E-state index in [2.05, 4.69) is 4.74 Å². The van der Waals surface area contributed by atoms with Crippen LogP contribution in [0.4, 0.5) is 8.78 Å². The first-order valence-electron chi connectivity index (χ1n) is 7.25. The molecule has 1 atom stereocenters. The Morgan fingerprint density at radius 3 is 2.76 bits per heavy atom. The highest BCUT2D eigenvalue weighted by Crippen LogP contribution is 2.30. The lowest BCUT2D eigenvalue weighted by molar-refractivity contribution is -0.144. The second-order valence-corrected chi connectivity index (χ2v) is 7.21. The van der Waals surface area contributed by atoms with Crippen molar-refractivity contribution in [3.8, 4) is 5.75 Å². The minimum Gasteiger partial charge on any atom is -0.491 e. The summed E-state index contributed by atoms with van der Waals surface area (Å²) in [6, 6.07) is 5.14. The van der Waals surface area contributed by atoms with Gasteiger partial charge in [-0.25, -0.2) is 4.79 Å². The average molecular weight is 376 g/mol. The first kappa shape index (κ1) is 17.8. The zero-order valence-corrected chi connectivity index (χ0v) is 13.6. The molecule has 1 fully saturated rings. The van der Waals surface area contributed by atoms with Gasteiger partial charge < -0.3 is 14.2 Å². The molecule has 0 bridgehead atoms. The van der Waals surface area contributed by atoms with E-state index in [-0.39, 0.29) is 18.1 Å². The molecule has 1 aliphatic heterocycles. The van der Waals surface area contributed by atoms with E-state index >= 15 is 0 Å².